The first-order valence-electron chi connectivity index (χ1n) is 5.31. The number of halogens is 1. The van der Waals surface area contributed by atoms with Crippen molar-refractivity contribution >= 4 is 11.6 Å². The molecule has 6 heteroatoms. The van der Waals surface area contributed by atoms with E-state index in [0.717, 1.165) is 16.1 Å². The van der Waals surface area contributed by atoms with Crippen molar-refractivity contribution < 1.29 is 0 Å². The zero-order valence-electron chi connectivity index (χ0n) is 9.76. The first kappa shape index (κ1) is 12.0. The predicted molar refractivity (Wildman–Crippen MR) is 65.6 cm³/mol. The van der Waals surface area contributed by atoms with Crippen LogP contribution in [0.4, 0.5) is 0 Å². The first-order valence-corrected chi connectivity index (χ1v) is 5.69. The Morgan fingerprint density at radius 2 is 2.24 bits per heavy atom. The standard InChI is InChI=1S/C11H14ClN5/c1-7-8(4-3-5-9(7)12)10(13)6-11-14-16-17(2)15-11/h3-5,10H,6,13H2,1-2H3. The molecule has 2 aromatic rings. The number of aromatic nitrogens is 4. The molecule has 0 fully saturated rings. The molecule has 0 amide bonds. The average Bonchev–Trinajstić information content (AvgIpc) is 2.68. The highest BCUT2D eigenvalue weighted by atomic mass is 35.5. The number of aryl methyl sites for hydroxylation is 1. The van der Waals surface area contributed by atoms with Crippen molar-refractivity contribution in [3.8, 4) is 0 Å². The summed E-state index contributed by atoms with van der Waals surface area (Å²) in [4.78, 5) is 1.42. The highest BCUT2D eigenvalue weighted by molar-refractivity contribution is 6.31. The second-order valence-electron chi connectivity index (χ2n) is 3.96. The molecule has 1 atom stereocenters. The molecule has 17 heavy (non-hydrogen) atoms. The quantitative estimate of drug-likeness (QED) is 0.896. The summed E-state index contributed by atoms with van der Waals surface area (Å²) in [5, 5.41) is 12.5. The minimum Gasteiger partial charge on any atom is -0.324 e. The zero-order valence-corrected chi connectivity index (χ0v) is 10.5. The van der Waals surface area contributed by atoms with Crippen LogP contribution in [-0.2, 0) is 13.5 Å². The third-order valence-corrected chi connectivity index (χ3v) is 3.07. The summed E-state index contributed by atoms with van der Waals surface area (Å²) >= 11 is 6.06. The van der Waals surface area contributed by atoms with Gasteiger partial charge in [0.1, 0.15) is 0 Å². The molecule has 0 radical (unpaired) electrons. The van der Waals surface area contributed by atoms with Crippen LogP contribution in [-0.4, -0.2) is 20.2 Å². The highest BCUT2D eigenvalue weighted by Crippen LogP contribution is 2.24. The van der Waals surface area contributed by atoms with E-state index in [2.05, 4.69) is 15.4 Å². The van der Waals surface area contributed by atoms with E-state index in [-0.39, 0.29) is 6.04 Å². The van der Waals surface area contributed by atoms with Crippen LogP contribution in [0.5, 0.6) is 0 Å². The Labute approximate surface area is 105 Å². The SMILES string of the molecule is Cc1c(Cl)cccc1C(N)Cc1nnn(C)n1. The van der Waals surface area contributed by atoms with E-state index in [9.17, 15) is 0 Å². The molecule has 0 aliphatic heterocycles. The van der Waals surface area contributed by atoms with E-state index in [1.165, 1.54) is 4.80 Å². The number of benzene rings is 1. The Balaban J connectivity index is 2.20. The molecule has 0 saturated heterocycles. The molecule has 0 aliphatic carbocycles. The monoisotopic (exact) mass is 251 g/mol. The molecule has 1 unspecified atom stereocenters. The van der Waals surface area contributed by atoms with Gasteiger partial charge in [-0.25, -0.2) is 0 Å². The Morgan fingerprint density at radius 3 is 2.88 bits per heavy atom. The van der Waals surface area contributed by atoms with Crippen molar-refractivity contribution in [1.82, 2.24) is 20.2 Å². The minimum atomic E-state index is -0.169. The summed E-state index contributed by atoms with van der Waals surface area (Å²) in [6, 6.07) is 5.56. The van der Waals surface area contributed by atoms with Gasteiger partial charge in [0.2, 0.25) is 0 Å². The maximum atomic E-state index is 6.13. The number of nitrogens with two attached hydrogens (primary N) is 1. The van der Waals surface area contributed by atoms with Crippen molar-refractivity contribution in [3.63, 3.8) is 0 Å². The summed E-state index contributed by atoms with van der Waals surface area (Å²) in [5.74, 6) is 0.638. The van der Waals surface area contributed by atoms with Gasteiger partial charge in [0.05, 0.1) is 7.05 Å². The maximum Gasteiger partial charge on any atom is 0.176 e. The van der Waals surface area contributed by atoms with Crippen LogP contribution in [0.3, 0.4) is 0 Å². The van der Waals surface area contributed by atoms with Gasteiger partial charge >= 0.3 is 0 Å². The molecular weight excluding hydrogens is 238 g/mol. The second kappa shape index (κ2) is 4.81. The summed E-state index contributed by atoms with van der Waals surface area (Å²) in [5.41, 5.74) is 8.15. The van der Waals surface area contributed by atoms with Gasteiger partial charge in [0.25, 0.3) is 0 Å². The molecule has 1 aromatic heterocycles. The minimum absolute atomic E-state index is 0.169. The van der Waals surface area contributed by atoms with Gasteiger partial charge in [-0.3, -0.25) is 0 Å². The van der Waals surface area contributed by atoms with Crippen molar-refractivity contribution in [2.45, 2.75) is 19.4 Å². The van der Waals surface area contributed by atoms with Crippen molar-refractivity contribution in [1.29, 1.82) is 0 Å². The number of hydrogen-bond acceptors (Lipinski definition) is 4. The number of hydrogen-bond donors (Lipinski definition) is 1. The van der Waals surface area contributed by atoms with Crippen molar-refractivity contribution in [3.05, 3.63) is 40.2 Å². The van der Waals surface area contributed by atoms with Gasteiger partial charge in [0.15, 0.2) is 5.82 Å². The summed E-state index contributed by atoms with van der Waals surface area (Å²) < 4.78 is 0. The van der Waals surface area contributed by atoms with E-state index in [1.807, 2.05) is 25.1 Å². The Kier molecular flexibility index (Phi) is 3.40. The fourth-order valence-electron chi connectivity index (χ4n) is 1.74. The Morgan fingerprint density at radius 1 is 1.47 bits per heavy atom. The lowest BCUT2D eigenvalue weighted by Gasteiger charge is -2.13. The molecule has 1 aromatic carbocycles. The average molecular weight is 252 g/mol. The topological polar surface area (TPSA) is 69.6 Å². The van der Waals surface area contributed by atoms with Crippen LogP contribution in [0.15, 0.2) is 18.2 Å². The van der Waals surface area contributed by atoms with Gasteiger partial charge in [-0.1, -0.05) is 23.7 Å². The molecule has 0 aliphatic rings. The lowest BCUT2D eigenvalue weighted by Crippen LogP contribution is -2.15. The zero-order chi connectivity index (χ0) is 12.4. The molecule has 0 saturated carbocycles. The second-order valence-corrected chi connectivity index (χ2v) is 4.37. The first-order chi connectivity index (χ1) is 8.08. The molecule has 2 rings (SSSR count). The third kappa shape index (κ3) is 2.62. The lowest BCUT2D eigenvalue weighted by atomic mass is 9.99. The van der Waals surface area contributed by atoms with Gasteiger partial charge in [-0.2, -0.15) is 4.80 Å². The van der Waals surface area contributed by atoms with Crippen molar-refractivity contribution in [2.24, 2.45) is 12.8 Å². The predicted octanol–water partition coefficient (Wildman–Crippen LogP) is 1.41. The van der Waals surface area contributed by atoms with Crippen LogP contribution in [0, 0.1) is 6.92 Å². The normalized spacial score (nSPS) is 12.7. The van der Waals surface area contributed by atoms with Gasteiger partial charge in [-0.05, 0) is 29.3 Å². The summed E-state index contributed by atoms with van der Waals surface area (Å²) in [6.07, 6.45) is 0.551. The molecule has 90 valence electrons. The van der Waals surface area contributed by atoms with E-state index >= 15 is 0 Å². The molecule has 5 nitrogen and oxygen atoms in total. The fourth-order valence-corrected chi connectivity index (χ4v) is 1.92. The van der Waals surface area contributed by atoms with Gasteiger partial charge in [-0.15, -0.1) is 10.2 Å². The molecule has 2 N–H and O–H groups in total. The van der Waals surface area contributed by atoms with Gasteiger partial charge in [0, 0.05) is 17.5 Å². The largest absolute Gasteiger partial charge is 0.324 e. The molecular formula is C11H14ClN5. The Bertz CT molecular complexity index is 522. The van der Waals surface area contributed by atoms with Crippen LogP contribution in [0.1, 0.15) is 23.0 Å². The third-order valence-electron chi connectivity index (χ3n) is 2.66. The van der Waals surface area contributed by atoms with Crippen molar-refractivity contribution in [2.75, 3.05) is 0 Å². The van der Waals surface area contributed by atoms with Crippen LogP contribution < -0.4 is 5.73 Å². The van der Waals surface area contributed by atoms with E-state index in [0.29, 0.717) is 12.2 Å². The maximum absolute atomic E-state index is 6.13. The summed E-state index contributed by atoms with van der Waals surface area (Å²) in [6.45, 7) is 1.96. The lowest BCUT2D eigenvalue weighted by molar-refractivity contribution is 0.622. The van der Waals surface area contributed by atoms with E-state index in [4.69, 9.17) is 17.3 Å². The van der Waals surface area contributed by atoms with Crippen LogP contribution in [0.2, 0.25) is 5.02 Å². The fraction of sp³-hybridized carbons (Fsp3) is 0.364. The molecule has 1 heterocycles. The highest BCUT2D eigenvalue weighted by Gasteiger charge is 2.14. The summed E-state index contributed by atoms with van der Waals surface area (Å²) in [7, 11) is 1.73. The molecule has 0 bridgehead atoms. The molecule has 0 spiro atoms. The number of nitrogens with zero attached hydrogens (tertiary/aromatic N) is 4. The smallest absolute Gasteiger partial charge is 0.176 e. The Hall–Kier alpha value is -1.46. The van der Waals surface area contributed by atoms with Crippen LogP contribution in [0.25, 0.3) is 0 Å². The van der Waals surface area contributed by atoms with E-state index in [1.54, 1.807) is 7.05 Å². The number of tetrazole rings is 1. The van der Waals surface area contributed by atoms with Crippen LogP contribution >= 0.6 is 11.6 Å². The number of rotatable bonds is 3. The van der Waals surface area contributed by atoms with E-state index < -0.39 is 0 Å². The van der Waals surface area contributed by atoms with Gasteiger partial charge < -0.3 is 5.73 Å².